The average molecular weight is 456 g/mol. The fraction of sp³-hybridized carbons (Fsp3) is 0.353. The number of phosphoric ester groups is 1. The summed E-state index contributed by atoms with van der Waals surface area (Å²) in [6.07, 6.45) is 2.00. The van der Waals surface area contributed by atoms with E-state index in [-0.39, 0.29) is 53.3 Å². The summed E-state index contributed by atoms with van der Waals surface area (Å²) in [5.74, 6) is -0.543. The Morgan fingerprint density at radius 3 is 2.90 bits per heavy atom. The molecule has 1 aliphatic carbocycles. The molecule has 30 heavy (non-hydrogen) atoms. The molecule has 1 saturated carbocycles. The summed E-state index contributed by atoms with van der Waals surface area (Å²) >= 11 is 5.95. The first-order valence-electron chi connectivity index (χ1n) is 9.03. The van der Waals surface area contributed by atoms with Crippen molar-refractivity contribution >= 4 is 36.5 Å². The van der Waals surface area contributed by atoms with Crippen molar-refractivity contribution < 1.29 is 23.6 Å². The summed E-state index contributed by atoms with van der Waals surface area (Å²) in [7, 11) is -4.46. The van der Waals surface area contributed by atoms with Gasteiger partial charge in [0.25, 0.3) is 5.56 Å². The molecular formula is C17H19ClN5O6P. The molecule has 1 unspecified atom stereocenters. The van der Waals surface area contributed by atoms with E-state index in [1.165, 1.54) is 18.5 Å². The van der Waals surface area contributed by atoms with Crippen molar-refractivity contribution in [3.8, 4) is 5.75 Å². The average Bonchev–Trinajstić information content (AvgIpc) is 3.07. The third-order valence-electron chi connectivity index (χ3n) is 5.17. The molecule has 2 aromatic heterocycles. The molecule has 4 rings (SSSR count). The first-order valence-corrected chi connectivity index (χ1v) is 10.9. The van der Waals surface area contributed by atoms with Crippen LogP contribution in [0.25, 0.3) is 11.2 Å². The number of para-hydroxylation sites is 1. The van der Waals surface area contributed by atoms with Gasteiger partial charge >= 0.3 is 7.82 Å². The van der Waals surface area contributed by atoms with Gasteiger partial charge in [-0.3, -0.25) is 19.2 Å². The first-order chi connectivity index (χ1) is 14.3. The van der Waals surface area contributed by atoms with E-state index in [1.807, 2.05) is 0 Å². The fourth-order valence-corrected chi connectivity index (χ4v) is 4.64. The van der Waals surface area contributed by atoms with E-state index in [2.05, 4.69) is 15.0 Å². The molecule has 13 heteroatoms. The number of H-pyrrole nitrogens is 1. The lowest BCUT2D eigenvalue weighted by Crippen LogP contribution is -2.43. The number of imidazole rings is 1. The molecule has 1 fully saturated rings. The van der Waals surface area contributed by atoms with Crippen molar-refractivity contribution in [2.24, 2.45) is 11.8 Å². The number of phosphoric acid groups is 1. The second kappa shape index (κ2) is 8.01. The maximum Gasteiger partial charge on any atom is 0.527 e. The van der Waals surface area contributed by atoms with E-state index in [0.717, 1.165) is 0 Å². The van der Waals surface area contributed by atoms with E-state index >= 15 is 0 Å². The van der Waals surface area contributed by atoms with Crippen molar-refractivity contribution in [3.63, 3.8) is 0 Å². The monoisotopic (exact) mass is 455 g/mol. The second-order valence-corrected chi connectivity index (χ2v) is 8.76. The van der Waals surface area contributed by atoms with Gasteiger partial charge in [-0.05, 0) is 24.5 Å². The van der Waals surface area contributed by atoms with Crippen LogP contribution in [-0.4, -0.2) is 42.7 Å². The smallest absolute Gasteiger partial charge is 0.403 e. The lowest BCUT2D eigenvalue weighted by atomic mass is 9.70. The van der Waals surface area contributed by atoms with Crippen LogP contribution in [-0.2, 0) is 9.09 Å². The van der Waals surface area contributed by atoms with Crippen LogP contribution in [0.4, 0.5) is 5.95 Å². The number of benzene rings is 1. The number of aromatic amines is 1. The van der Waals surface area contributed by atoms with Gasteiger partial charge in [-0.1, -0.05) is 23.7 Å². The van der Waals surface area contributed by atoms with Gasteiger partial charge in [0.15, 0.2) is 11.2 Å². The molecule has 3 aromatic rings. The Hall–Kier alpha value is -2.43. The fourth-order valence-electron chi connectivity index (χ4n) is 3.59. The minimum absolute atomic E-state index is 0.0216. The van der Waals surface area contributed by atoms with E-state index in [1.54, 1.807) is 16.7 Å². The van der Waals surface area contributed by atoms with E-state index in [4.69, 9.17) is 26.4 Å². The zero-order chi connectivity index (χ0) is 21.5. The molecule has 4 atom stereocenters. The molecule has 0 amide bonds. The first kappa shape index (κ1) is 20.8. The van der Waals surface area contributed by atoms with Crippen LogP contribution in [0.15, 0.2) is 35.4 Å². The quantitative estimate of drug-likeness (QED) is 0.388. The standard InChI is InChI=1S/C17H19ClN5O6P/c18-11-3-1-2-4-13(11)29-30(26,27)28-7-10-9(6-24)5-12(10)23-8-20-14-15(23)21-17(19)22-16(14)25/h1-4,8-10,12,24H,5-7H2,(H,26,27)(H3,19,21,22,25)/t9-,10+,12-/m1/s1. The van der Waals surface area contributed by atoms with Crippen molar-refractivity contribution in [3.05, 3.63) is 46.0 Å². The van der Waals surface area contributed by atoms with Gasteiger partial charge in [0.05, 0.1) is 18.0 Å². The third-order valence-corrected chi connectivity index (χ3v) is 6.38. The molecule has 0 bridgehead atoms. The number of hydrogen-bond donors (Lipinski definition) is 4. The Morgan fingerprint density at radius 2 is 2.17 bits per heavy atom. The number of aliphatic hydroxyl groups excluding tert-OH is 1. The minimum Gasteiger partial charge on any atom is -0.403 e. The molecular weight excluding hydrogens is 437 g/mol. The van der Waals surface area contributed by atoms with Gasteiger partial charge in [-0.15, -0.1) is 0 Å². The highest BCUT2D eigenvalue weighted by Crippen LogP contribution is 2.50. The lowest BCUT2D eigenvalue weighted by molar-refractivity contribution is -0.00475. The van der Waals surface area contributed by atoms with Gasteiger partial charge in [-0.2, -0.15) is 4.98 Å². The molecule has 0 aliphatic heterocycles. The predicted octanol–water partition coefficient (Wildman–Crippen LogP) is 1.72. The summed E-state index contributed by atoms with van der Waals surface area (Å²) in [5.41, 5.74) is 5.59. The van der Waals surface area contributed by atoms with E-state index < -0.39 is 13.4 Å². The highest BCUT2D eigenvalue weighted by Gasteiger charge is 2.44. The van der Waals surface area contributed by atoms with Gasteiger partial charge < -0.3 is 19.9 Å². The largest absolute Gasteiger partial charge is 0.527 e. The van der Waals surface area contributed by atoms with Crippen LogP contribution >= 0.6 is 19.4 Å². The van der Waals surface area contributed by atoms with Crippen LogP contribution in [0.2, 0.25) is 5.02 Å². The van der Waals surface area contributed by atoms with E-state index in [9.17, 15) is 19.4 Å². The van der Waals surface area contributed by atoms with Gasteiger partial charge in [0.2, 0.25) is 5.95 Å². The minimum atomic E-state index is -4.46. The lowest BCUT2D eigenvalue weighted by Gasteiger charge is -2.44. The van der Waals surface area contributed by atoms with Crippen LogP contribution < -0.4 is 15.8 Å². The van der Waals surface area contributed by atoms with Gasteiger partial charge in [0.1, 0.15) is 5.75 Å². The summed E-state index contributed by atoms with van der Waals surface area (Å²) in [4.78, 5) is 32.7. The summed E-state index contributed by atoms with van der Waals surface area (Å²) < 4.78 is 24.3. The topological polar surface area (TPSA) is 166 Å². The normalized spacial score (nSPS) is 23.1. The Kier molecular flexibility index (Phi) is 5.56. The number of hydrogen-bond acceptors (Lipinski definition) is 8. The zero-order valence-corrected chi connectivity index (χ0v) is 17.2. The molecule has 1 aromatic carbocycles. The number of halogens is 1. The molecule has 0 saturated heterocycles. The summed E-state index contributed by atoms with van der Waals surface area (Å²) in [6.45, 7) is -0.305. The van der Waals surface area contributed by atoms with E-state index in [0.29, 0.717) is 12.1 Å². The summed E-state index contributed by atoms with van der Waals surface area (Å²) in [5, 5.41) is 9.79. The van der Waals surface area contributed by atoms with Gasteiger partial charge in [-0.25, -0.2) is 9.55 Å². The molecule has 0 spiro atoms. The van der Waals surface area contributed by atoms with Crippen LogP contribution in [0.1, 0.15) is 12.5 Å². The van der Waals surface area contributed by atoms with Crippen molar-refractivity contribution in [1.82, 2.24) is 19.5 Å². The summed E-state index contributed by atoms with van der Waals surface area (Å²) in [6, 6.07) is 5.97. The van der Waals surface area contributed by atoms with Crippen molar-refractivity contribution in [1.29, 1.82) is 0 Å². The number of nitrogens with two attached hydrogens (primary N) is 1. The Labute approximate surface area is 175 Å². The number of aromatic nitrogens is 4. The van der Waals surface area contributed by atoms with Crippen LogP contribution in [0.5, 0.6) is 5.75 Å². The maximum absolute atomic E-state index is 12.4. The molecule has 0 radical (unpaired) electrons. The third kappa shape index (κ3) is 3.94. The molecule has 2 heterocycles. The van der Waals surface area contributed by atoms with Crippen LogP contribution in [0.3, 0.4) is 0 Å². The zero-order valence-electron chi connectivity index (χ0n) is 15.5. The Bertz CT molecular complexity index is 1180. The Balaban J connectivity index is 1.52. The number of nitrogens with zero attached hydrogens (tertiary/aromatic N) is 3. The van der Waals surface area contributed by atoms with Crippen molar-refractivity contribution in [2.75, 3.05) is 18.9 Å². The van der Waals surface area contributed by atoms with Crippen LogP contribution in [0, 0.1) is 11.8 Å². The number of aliphatic hydroxyl groups is 1. The highest BCUT2D eigenvalue weighted by atomic mass is 35.5. The predicted molar refractivity (Wildman–Crippen MR) is 108 cm³/mol. The molecule has 160 valence electrons. The molecule has 11 nitrogen and oxygen atoms in total. The number of nitrogens with one attached hydrogen (secondary N) is 1. The van der Waals surface area contributed by atoms with Crippen molar-refractivity contribution in [2.45, 2.75) is 12.5 Å². The second-order valence-electron chi connectivity index (χ2n) is 6.97. The number of nitrogen functional groups attached to an aromatic ring is 1. The van der Waals surface area contributed by atoms with Gasteiger partial charge in [0, 0.05) is 18.6 Å². The molecule has 5 N–H and O–H groups in total. The number of rotatable bonds is 7. The number of fused-ring (bicyclic) bond motifs is 1. The Morgan fingerprint density at radius 1 is 1.40 bits per heavy atom. The number of anilines is 1. The maximum atomic E-state index is 12.4. The SMILES string of the molecule is Nc1nc2c(ncn2[C@@H]2C[C@H](CO)[C@@H]2COP(=O)(O)Oc2ccccc2Cl)c(=O)[nH]1. The molecule has 1 aliphatic rings. The highest BCUT2D eigenvalue weighted by molar-refractivity contribution is 7.47.